The maximum atomic E-state index is 5.61. The molecule has 0 atom stereocenters. The number of nitrogens with zero attached hydrogens (tertiary/aromatic N) is 3. The SMILES string of the molecule is c1ccc(-c2ccc(-c3nc(N4c5cc6ccccc6cc5-c5cccc6cccc4c56)nc4c3sc3ccccc34)c3ccccc23)cc1. The molecule has 0 spiro atoms. The van der Waals surface area contributed by atoms with Gasteiger partial charge >= 0.3 is 0 Å². The molecule has 11 rings (SSSR count). The summed E-state index contributed by atoms with van der Waals surface area (Å²) in [5, 5.41) is 8.36. The van der Waals surface area contributed by atoms with Crippen molar-refractivity contribution in [1.82, 2.24) is 9.97 Å². The van der Waals surface area contributed by atoms with Crippen molar-refractivity contribution in [3.8, 4) is 33.5 Å². The molecule has 4 heteroatoms. The van der Waals surface area contributed by atoms with Crippen LogP contribution in [0.25, 0.3) is 86.1 Å². The van der Waals surface area contributed by atoms with E-state index in [1.165, 1.54) is 59.3 Å². The van der Waals surface area contributed by atoms with Crippen LogP contribution in [0, 0.1) is 0 Å². The summed E-state index contributed by atoms with van der Waals surface area (Å²) in [6, 6.07) is 58.9. The number of hydrogen-bond donors (Lipinski definition) is 0. The van der Waals surface area contributed by atoms with E-state index < -0.39 is 0 Å². The first kappa shape index (κ1) is 27.6. The summed E-state index contributed by atoms with van der Waals surface area (Å²) >= 11 is 1.77. The van der Waals surface area contributed by atoms with E-state index in [9.17, 15) is 0 Å². The average molecular weight is 654 g/mol. The van der Waals surface area contributed by atoms with Gasteiger partial charge in [0.2, 0.25) is 5.95 Å². The minimum atomic E-state index is 0.672. The first-order valence-electron chi connectivity index (χ1n) is 16.9. The van der Waals surface area contributed by atoms with E-state index in [0.29, 0.717) is 5.95 Å². The summed E-state index contributed by atoms with van der Waals surface area (Å²) in [5.41, 5.74) is 10.1. The van der Waals surface area contributed by atoms with Crippen molar-refractivity contribution < 1.29 is 0 Å². The second-order valence-electron chi connectivity index (χ2n) is 13.0. The predicted octanol–water partition coefficient (Wildman–Crippen LogP) is 13.1. The molecule has 0 unspecified atom stereocenters. The molecule has 0 radical (unpaired) electrons. The van der Waals surface area contributed by atoms with Gasteiger partial charge in [0.15, 0.2) is 0 Å². The van der Waals surface area contributed by atoms with Gasteiger partial charge in [-0.3, -0.25) is 4.90 Å². The van der Waals surface area contributed by atoms with Gasteiger partial charge in [-0.15, -0.1) is 11.3 Å². The smallest absolute Gasteiger partial charge is 0.235 e. The fraction of sp³-hybridized carbons (Fsp3) is 0. The molecule has 1 aliphatic heterocycles. The van der Waals surface area contributed by atoms with E-state index >= 15 is 0 Å². The molecular formula is C46H27N3S. The van der Waals surface area contributed by atoms with E-state index in [2.05, 4.69) is 169 Å². The third-order valence-corrected chi connectivity index (χ3v) is 11.4. The molecular weight excluding hydrogens is 627 g/mol. The van der Waals surface area contributed by atoms with Gasteiger partial charge in [-0.25, -0.2) is 9.97 Å². The van der Waals surface area contributed by atoms with Crippen molar-refractivity contribution in [3.63, 3.8) is 0 Å². The van der Waals surface area contributed by atoms with Gasteiger partial charge in [0, 0.05) is 26.6 Å². The van der Waals surface area contributed by atoms with Crippen LogP contribution in [-0.2, 0) is 0 Å². The summed E-state index contributed by atoms with van der Waals surface area (Å²) in [6.07, 6.45) is 0. The summed E-state index contributed by atoms with van der Waals surface area (Å²) in [7, 11) is 0. The minimum absolute atomic E-state index is 0.672. The predicted molar refractivity (Wildman–Crippen MR) is 212 cm³/mol. The number of thiophene rings is 1. The van der Waals surface area contributed by atoms with Gasteiger partial charge in [-0.1, -0.05) is 140 Å². The second kappa shape index (κ2) is 10.6. The van der Waals surface area contributed by atoms with Gasteiger partial charge < -0.3 is 0 Å². The molecule has 10 aromatic rings. The maximum Gasteiger partial charge on any atom is 0.235 e. The zero-order valence-electron chi connectivity index (χ0n) is 26.8. The van der Waals surface area contributed by atoms with Crippen LogP contribution in [0.15, 0.2) is 164 Å². The molecule has 232 valence electrons. The lowest BCUT2D eigenvalue weighted by Gasteiger charge is -2.32. The third kappa shape index (κ3) is 3.97. The normalized spacial score (nSPS) is 12.4. The fourth-order valence-electron chi connectivity index (χ4n) is 7.94. The number of aromatic nitrogens is 2. The molecule has 0 aliphatic carbocycles. The van der Waals surface area contributed by atoms with Crippen LogP contribution in [-0.4, -0.2) is 9.97 Å². The summed E-state index contributed by atoms with van der Waals surface area (Å²) in [4.78, 5) is 13.4. The van der Waals surface area contributed by atoms with E-state index in [4.69, 9.17) is 9.97 Å². The lowest BCUT2D eigenvalue weighted by Crippen LogP contribution is -2.18. The van der Waals surface area contributed by atoms with E-state index in [0.717, 1.165) is 38.2 Å². The Balaban J connectivity index is 1.25. The second-order valence-corrected chi connectivity index (χ2v) is 14.0. The van der Waals surface area contributed by atoms with Gasteiger partial charge in [0.1, 0.15) is 0 Å². The Morgan fingerprint density at radius 2 is 1.10 bits per heavy atom. The van der Waals surface area contributed by atoms with E-state index in [1.54, 1.807) is 11.3 Å². The minimum Gasteiger partial charge on any atom is -0.278 e. The number of hydrogen-bond acceptors (Lipinski definition) is 4. The van der Waals surface area contributed by atoms with E-state index in [-0.39, 0.29) is 0 Å². The summed E-state index contributed by atoms with van der Waals surface area (Å²) < 4.78 is 2.31. The van der Waals surface area contributed by atoms with Gasteiger partial charge in [-0.05, 0) is 67.9 Å². The summed E-state index contributed by atoms with van der Waals surface area (Å²) in [6.45, 7) is 0. The molecule has 3 nitrogen and oxygen atoms in total. The Hall–Kier alpha value is -6.36. The Labute approximate surface area is 292 Å². The lowest BCUT2D eigenvalue weighted by atomic mass is 9.89. The molecule has 3 heterocycles. The van der Waals surface area contributed by atoms with Crippen molar-refractivity contribution in [3.05, 3.63) is 164 Å². The van der Waals surface area contributed by atoms with Crippen LogP contribution >= 0.6 is 11.3 Å². The van der Waals surface area contributed by atoms with Crippen LogP contribution in [0.2, 0.25) is 0 Å². The number of fused-ring (bicyclic) bond motifs is 7. The molecule has 0 saturated carbocycles. The fourth-order valence-corrected chi connectivity index (χ4v) is 9.09. The zero-order chi connectivity index (χ0) is 32.8. The molecule has 50 heavy (non-hydrogen) atoms. The van der Waals surface area contributed by atoms with E-state index in [1.807, 2.05) is 0 Å². The van der Waals surface area contributed by atoms with Gasteiger partial charge in [0.25, 0.3) is 0 Å². The van der Waals surface area contributed by atoms with Crippen molar-refractivity contribution in [2.75, 3.05) is 4.90 Å². The highest BCUT2D eigenvalue weighted by Crippen LogP contribution is 2.52. The van der Waals surface area contributed by atoms with Crippen molar-refractivity contribution in [2.24, 2.45) is 0 Å². The van der Waals surface area contributed by atoms with Crippen molar-refractivity contribution >= 4 is 81.3 Å². The number of anilines is 3. The molecule has 0 fully saturated rings. The molecule has 0 bridgehead atoms. The first-order valence-corrected chi connectivity index (χ1v) is 17.7. The van der Waals surface area contributed by atoms with Crippen LogP contribution in [0.1, 0.15) is 0 Å². The maximum absolute atomic E-state index is 5.61. The Kier molecular flexibility index (Phi) is 5.83. The molecule has 0 saturated heterocycles. The van der Waals surface area contributed by atoms with Crippen LogP contribution in [0.4, 0.5) is 17.3 Å². The van der Waals surface area contributed by atoms with Gasteiger partial charge in [0.05, 0.1) is 27.3 Å². The quantitative estimate of drug-likeness (QED) is 0.190. The van der Waals surface area contributed by atoms with Crippen LogP contribution in [0.3, 0.4) is 0 Å². The monoisotopic (exact) mass is 653 g/mol. The topological polar surface area (TPSA) is 29.0 Å². The third-order valence-electron chi connectivity index (χ3n) is 10.2. The molecule has 2 aromatic heterocycles. The van der Waals surface area contributed by atoms with Crippen molar-refractivity contribution in [1.29, 1.82) is 0 Å². The standard InChI is InChI=1S/C46H27N3S/c1-2-12-28(13-3-1)32-24-25-36(34-19-7-6-18-33(32)34)43-45-44(37-20-8-9-23-41(37)50-45)48-46(47-43)49-39-22-11-17-29-16-10-21-35(42(29)39)38-26-30-14-4-5-15-31(30)27-40(38)49/h1-27H. The molecule has 1 aliphatic rings. The average Bonchev–Trinajstić information content (AvgIpc) is 3.56. The number of benzene rings is 8. The zero-order valence-corrected chi connectivity index (χ0v) is 27.7. The van der Waals surface area contributed by atoms with Crippen molar-refractivity contribution in [2.45, 2.75) is 0 Å². The highest BCUT2D eigenvalue weighted by atomic mass is 32.1. The van der Waals surface area contributed by atoms with Crippen LogP contribution < -0.4 is 4.90 Å². The van der Waals surface area contributed by atoms with Crippen LogP contribution in [0.5, 0.6) is 0 Å². The highest BCUT2D eigenvalue weighted by Gasteiger charge is 2.30. The molecule has 0 amide bonds. The number of rotatable bonds is 3. The molecule has 0 N–H and O–H groups in total. The van der Waals surface area contributed by atoms with Gasteiger partial charge in [-0.2, -0.15) is 0 Å². The Morgan fingerprint density at radius 1 is 0.440 bits per heavy atom. The highest BCUT2D eigenvalue weighted by molar-refractivity contribution is 7.26. The first-order chi connectivity index (χ1) is 24.8. The Morgan fingerprint density at radius 3 is 1.94 bits per heavy atom. The lowest BCUT2D eigenvalue weighted by molar-refractivity contribution is 1.12. The largest absolute Gasteiger partial charge is 0.278 e. The molecule has 8 aromatic carbocycles. The summed E-state index contributed by atoms with van der Waals surface area (Å²) in [5.74, 6) is 0.672. The Bertz CT molecular complexity index is 2990.